The molecule has 2 N–H and O–H groups in total. The molecule has 4 atom stereocenters. The summed E-state index contributed by atoms with van der Waals surface area (Å²) in [4.78, 5) is 0. The minimum Gasteiger partial charge on any atom is -0.376 e. The predicted molar refractivity (Wildman–Crippen MR) is 50.9 cm³/mol. The fourth-order valence-electron chi connectivity index (χ4n) is 1.54. The molecule has 0 saturated carbocycles. The molecule has 1 fully saturated rings. The van der Waals surface area contributed by atoms with Crippen LogP contribution in [0.5, 0.6) is 0 Å². The molecule has 1 aliphatic rings. The Morgan fingerprint density at radius 2 is 2.14 bits per heavy atom. The van der Waals surface area contributed by atoms with Crippen molar-refractivity contribution >= 4 is 0 Å². The standard InChI is InChI=1S/C9H19NO4/c1-6(10)13-5-8-9(12-3)7(11-2)4-14-8/h6-9H,4-5,10H2,1-3H3/t6?,7?,8-,9?/m1/s1. The van der Waals surface area contributed by atoms with E-state index in [0.717, 1.165) is 0 Å². The van der Waals surface area contributed by atoms with Gasteiger partial charge in [0.25, 0.3) is 0 Å². The quantitative estimate of drug-likeness (QED) is 0.626. The number of rotatable bonds is 5. The van der Waals surface area contributed by atoms with Crippen LogP contribution in [0, 0.1) is 0 Å². The summed E-state index contributed by atoms with van der Waals surface area (Å²) in [7, 11) is 3.29. The lowest BCUT2D eigenvalue weighted by atomic mass is 10.1. The van der Waals surface area contributed by atoms with Gasteiger partial charge in [-0.05, 0) is 6.92 Å². The van der Waals surface area contributed by atoms with Crippen molar-refractivity contribution in [2.75, 3.05) is 27.4 Å². The maximum Gasteiger partial charge on any atom is 0.114 e. The van der Waals surface area contributed by atoms with Crippen molar-refractivity contribution in [2.24, 2.45) is 5.73 Å². The maximum atomic E-state index is 5.48. The van der Waals surface area contributed by atoms with E-state index in [2.05, 4.69) is 0 Å². The summed E-state index contributed by atoms with van der Waals surface area (Å²) in [6.07, 6.45) is -0.450. The van der Waals surface area contributed by atoms with E-state index in [4.69, 9.17) is 24.7 Å². The molecule has 14 heavy (non-hydrogen) atoms. The van der Waals surface area contributed by atoms with Gasteiger partial charge in [0.1, 0.15) is 24.5 Å². The first-order chi connectivity index (χ1) is 6.69. The molecule has 1 saturated heterocycles. The summed E-state index contributed by atoms with van der Waals surface area (Å²) in [6.45, 7) is 2.77. The summed E-state index contributed by atoms with van der Waals surface area (Å²) in [6, 6.07) is 0. The second-order valence-corrected chi connectivity index (χ2v) is 3.38. The van der Waals surface area contributed by atoms with E-state index in [0.29, 0.717) is 13.2 Å². The van der Waals surface area contributed by atoms with Crippen molar-refractivity contribution in [1.82, 2.24) is 0 Å². The Morgan fingerprint density at radius 3 is 2.64 bits per heavy atom. The zero-order valence-corrected chi connectivity index (χ0v) is 8.93. The Hall–Kier alpha value is -0.200. The minimum atomic E-state index is -0.280. The van der Waals surface area contributed by atoms with Crippen molar-refractivity contribution in [2.45, 2.75) is 31.5 Å². The average molecular weight is 205 g/mol. The molecule has 0 aromatic heterocycles. The van der Waals surface area contributed by atoms with Crippen LogP contribution in [0.1, 0.15) is 6.92 Å². The Bertz CT molecular complexity index is 165. The number of ether oxygens (including phenoxy) is 4. The van der Waals surface area contributed by atoms with Crippen LogP contribution in [0.2, 0.25) is 0 Å². The Kier molecular flexibility index (Phi) is 4.77. The van der Waals surface area contributed by atoms with Crippen LogP contribution in [0.3, 0.4) is 0 Å². The van der Waals surface area contributed by atoms with Crippen molar-refractivity contribution in [3.05, 3.63) is 0 Å². The van der Waals surface area contributed by atoms with Crippen molar-refractivity contribution < 1.29 is 18.9 Å². The van der Waals surface area contributed by atoms with E-state index in [1.807, 2.05) is 0 Å². The third-order valence-electron chi connectivity index (χ3n) is 2.31. The zero-order chi connectivity index (χ0) is 10.6. The van der Waals surface area contributed by atoms with Gasteiger partial charge in [0.15, 0.2) is 0 Å². The van der Waals surface area contributed by atoms with Gasteiger partial charge in [-0.3, -0.25) is 0 Å². The molecule has 3 unspecified atom stereocenters. The molecule has 0 bridgehead atoms. The van der Waals surface area contributed by atoms with Crippen LogP contribution in [-0.4, -0.2) is 52.0 Å². The lowest BCUT2D eigenvalue weighted by molar-refractivity contribution is -0.0656. The number of nitrogens with two attached hydrogens (primary N) is 1. The van der Waals surface area contributed by atoms with Crippen LogP contribution in [-0.2, 0) is 18.9 Å². The van der Waals surface area contributed by atoms with Crippen LogP contribution in [0.15, 0.2) is 0 Å². The average Bonchev–Trinajstić information content (AvgIpc) is 2.56. The van der Waals surface area contributed by atoms with Crippen LogP contribution in [0.4, 0.5) is 0 Å². The number of hydrogen-bond acceptors (Lipinski definition) is 5. The highest BCUT2D eigenvalue weighted by molar-refractivity contribution is 4.85. The molecule has 0 amide bonds. The van der Waals surface area contributed by atoms with Gasteiger partial charge in [-0.1, -0.05) is 0 Å². The first-order valence-corrected chi connectivity index (χ1v) is 4.73. The summed E-state index contributed by atoms with van der Waals surface area (Å²) >= 11 is 0. The lowest BCUT2D eigenvalue weighted by Crippen LogP contribution is -2.37. The molecule has 1 rings (SSSR count). The van der Waals surface area contributed by atoms with Crippen LogP contribution < -0.4 is 5.73 Å². The van der Waals surface area contributed by atoms with Gasteiger partial charge >= 0.3 is 0 Å². The van der Waals surface area contributed by atoms with Crippen LogP contribution in [0.25, 0.3) is 0 Å². The van der Waals surface area contributed by atoms with E-state index in [-0.39, 0.29) is 24.5 Å². The van der Waals surface area contributed by atoms with E-state index >= 15 is 0 Å². The number of hydrogen-bond donors (Lipinski definition) is 1. The third-order valence-corrected chi connectivity index (χ3v) is 2.31. The third kappa shape index (κ3) is 2.90. The molecule has 0 aromatic rings. The van der Waals surface area contributed by atoms with Crippen LogP contribution >= 0.6 is 0 Å². The first-order valence-electron chi connectivity index (χ1n) is 4.73. The molecular weight excluding hydrogens is 186 g/mol. The normalized spacial score (nSPS) is 34.7. The van der Waals surface area contributed by atoms with E-state index in [1.54, 1.807) is 21.1 Å². The molecule has 5 nitrogen and oxygen atoms in total. The summed E-state index contributed by atoms with van der Waals surface area (Å²) < 4.78 is 21.3. The lowest BCUT2D eigenvalue weighted by Gasteiger charge is -2.21. The van der Waals surface area contributed by atoms with Crippen molar-refractivity contribution in [3.63, 3.8) is 0 Å². The van der Waals surface area contributed by atoms with Gasteiger partial charge in [0.05, 0.1) is 13.2 Å². The highest BCUT2D eigenvalue weighted by atomic mass is 16.6. The van der Waals surface area contributed by atoms with Gasteiger partial charge in [-0.15, -0.1) is 0 Å². The van der Waals surface area contributed by atoms with Gasteiger partial charge in [-0.2, -0.15) is 0 Å². The predicted octanol–water partition coefficient (Wildman–Crippen LogP) is -0.263. The molecule has 5 heteroatoms. The Balaban J connectivity index is 2.37. The molecular formula is C9H19NO4. The Labute approximate surface area is 84.4 Å². The fourth-order valence-corrected chi connectivity index (χ4v) is 1.54. The second kappa shape index (κ2) is 5.63. The second-order valence-electron chi connectivity index (χ2n) is 3.38. The molecule has 1 heterocycles. The Morgan fingerprint density at radius 1 is 1.43 bits per heavy atom. The molecule has 0 aliphatic carbocycles. The monoisotopic (exact) mass is 205 g/mol. The van der Waals surface area contributed by atoms with Gasteiger partial charge in [0.2, 0.25) is 0 Å². The smallest absolute Gasteiger partial charge is 0.114 e. The molecule has 0 aromatic carbocycles. The van der Waals surface area contributed by atoms with Gasteiger partial charge in [0, 0.05) is 14.2 Å². The van der Waals surface area contributed by atoms with E-state index < -0.39 is 0 Å². The zero-order valence-electron chi connectivity index (χ0n) is 8.93. The highest BCUT2D eigenvalue weighted by Crippen LogP contribution is 2.19. The van der Waals surface area contributed by atoms with Gasteiger partial charge in [-0.25, -0.2) is 0 Å². The number of methoxy groups -OCH3 is 2. The van der Waals surface area contributed by atoms with Gasteiger partial charge < -0.3 is 24.7 Å². The maximum absolute atomic E-state index is 5.48. The largest absolute Gasteiger partial charge is 0.376 e. The SMILES string of the molecule is COC1CO[C@H](COC(C)N)C1OC. The minimum absolute atomic E-state index is 0.0123. The highest BCUT2D eigenvalue weighted by Gasteiger charge is 2.37. The molecule has 1 aliphatic heterocycles. The van der Waals surface area contributed by atoms with E-state index in [1.165, 1.54) is 0 Å². The molecule has 0 spiro atoms. The van der Waals surface area contributed by atoms with Crippen molar-refractivity contribution in [1.29, 1.82) is 0 Å². The molecule has 0 radical (unpaired) electrons. The summed E-state index contributed by atoms with van der Waals surface area (Å²) in [5, 5.41) is 0. The summed E-state index contributed by atoms with van der Waals surface area (Å²) in [5.41, 5.74) is 5.47. The fraction of sp³-hybridized carbons (Fsp3) is 1.00. The molecule has 84 valence electrons. The topological polar surface area (TPSA) is 62.9 Å². The first kappa shape index (κ1) is 11.9. The van der Waals surface area contributed by atoms with Crippen molar-refractivity contribution in [3.8, 4) is 0 Å². The van der Waals surface area contributed by atoms with E-state index in [9.17, 15) is 0 Å². The summed E-state index contributed by atoms with van der Waals surface area (Å²) in [5.74, 6) is 0.